The zero-order chi connectivity index (χ0) is 19.6. The SMILES string of the molecule is CSC[C@H]1O[C@@H](n2cnc3c(N)nc(NCCNC(=O)O)nc32)[C@H](O)[C@@H]1O. The van der Waals surface area contributed by atoms with Gasteiger partial charge < -0.3 is 36.4 Å². The summed E-state index contributed by atoms with van der Waals surface area (Å²) in [5.41, 5.74) is 6.59. The lowest BCUT2D eigenvalue weighted by Crippen LogP contribution is -2.32. The highest BCUT2D eigenvalue weighted by molar-refractivity contribution is 7.98. The number of fused-ring (bicyclic) bond motifs is 1. The predicted octanol–water partition coefficient (Wildman–Crippen LogP) is -0.930. The molecular weight excluding hydrogens is 378 g/mol. The van der Waals surface area contributed by atoms with Crippen molar-refractivity contribution in [3.8, 4) is 0 Å². The van der Waals surface area contributed by atoms with E-state index in [0.29, 0.717) is 16.9 Å². The fourth-order valence-corrected chi connectivity index (χ4v) is 3.41. The first-order valence-corrected chi connectivity index (χ1v) is 9.53. The highest BCUT2D eigenvalue weighted by atomic mass is 32.2. The van der Waals surface area contributed by atoms with E-state index < -0.39 is 30.6 Å². The highest BCUT2D eigenvalue weighted by Gasteiger charge is 2.44. The molecule has 27 heavy (non-hydrogen) atoms. The number of thioether (sulfide) groups is 1. The average Bonchev–Trinajstić information content (AvgIpc) is 3.16. The monoisotopic (exact) mass is 399 g/mol. The summed E-state index contributed by atoms with van der Waals surface area (Å²) in [6.07, 6.45) is -1.38. The number of ether oxygens (including phenoxy) is 1. The molecule has 7 N–H and O–H groups in total. The highest BCUT2D eigenvalue weighted by Crippen LogP contribution is 2.33. The number of nitrogens with two attached hydrogens (primary N) is 1. The Morgan fingerprint density at radius 2 is 2.15 bits per heavy atom. The van der Waals surface area contributed by atoms with Crippen LogP contribution < -0.4 is 16.4 Å². The van der Waals surface area contributed by atoms with Crippen molar-refractivity contribution in [1.82, 2.24) is 24.8 Å². The molecule has 148 valence electrons. The Kier molecular flexibility index (Phi) is 5.84. The normalized spacial score (nSPS) is 25.0. The number of nitrogens with zero attached hydrogens (tertiary/aromatic N) is 4. The molecule has 4 atom stereocenters. The number of carboxylic acid groups (broad SMARTS) is 1. The number of hydrogen-bond acceptors (Lipinski definition) is 10. The van der Waals surface area contributed by atoms with Gasteiger partial charge in [-0.25, -0.2) is 9.78 Å². The molecule has 0 saturated carbocycles. The van der Waals surface area contributed by atoms with Gasteiger partial charge in [-0.15, -0.1) is 0 Å². The minimum atomic E-state index is -1.15. The number of nitrogens with one attached hydrogen (secondary N) is 2. The van der Waals surface area contributed by atoms with Crippen molar-refractivity contribution >= 4 is 40.8 Å². The third-order valence-corrected chi connectivity index (χ3v) is 4.74. The van der Waals surface area contributed by atoms with Gasteiger partial charge in [0.15, 0.2) is 17.7 Å². The zero-order valence-corrected chi connectivity index (χ0v) is 15.3. The van der Waals surface area contributed by atoms with E-state index in [1.54, 1.807) is 0 Å². The molecule has 13 heteroatoms. The number of rotatable bonds is 7. The summed E-state index contributed by atoms with van der Waals surface area (Å²) in [5, 5.41) is 34.2. The molecule has 0 aliphatic carbocycles. The number of aromatic nitrogens is 4. The molecule has 12 nitrogen and oxygen atoms in total. The van der Waals surface area contributed by atoms with E-state index in [1.165, 1.54) is 22.7 Å². The van der Waals surface area contributed by atoms with Crippen molar-refractivity contribution in [3.05, 3.63) is 6.33 Å². The molecule has 0 bridgehead atoms. The maximum atomic E-state index is 10.5. The fraction of sp³-hybridized carbons (Fsp3) is 0.571. The quantitative estimate of drug-likeness (QED) is 0.316. The second kappa shape index (κ2) is 8.12. The molecule has 0 radical (unpaired) electrons. The van der Waals surface area contributed by atoms with Gasteiger partial charge in [-0.1, -0.05) is 0 Å². The molecule has 1 fully saturated rings. The van der Waals surface area contributed by atoms with Crippen LogP contribution in [0.25, 0.3) is 11.2 Å². The average molecular weight is 399 g/mol. The van der Waals surface area contributed by atoms with Crippen molar-refractivity contribution in [2.24, 2.45) is 0 Å². The summed E-state index contributed by atoms with van der Waals surface area (Å²) in [5.74, 6) is 0.839. The summed E-state index contributed by atoms with van der Waals surface area (Å²) in [4.78, 5) is 23.1. The minimum Gasteiger partial charge on any atom is -0.465 e. The van der Waals surface area contributed by atoms with E-state index in [4.69, 9.17) is 15.6 Å². The van der Waals surface area contributed by atoms with Gasteiger partial charge in [0.05, 0.1) is 12.4 Å². The number of aliphatic hydroxyl groups is 2. The molecular formula is C14H21N7O5S. The minimum absolute atomic E-state index is 0.126. The van der Waals surface area contributed by atoms with Crippen molar-refractivity contribution in [2.45, 2.75) is 24.5 Å². The maximum Gasteiger partial charge on any atom is 0.404 e. The van der Waals surface area contributed by atoms with Crippen molar-refractivity contribution < 1.29 is 24.9 Å². The number of amides is 1. The first-order valence-electron chi connectivity index (χ1n) is 8.13. The van der Waals surface area contributed by atoms with Crippen LogP contribution in [0.15, 0.2) is 6.33 Å². The molecule has 3 heterocycles. The molecule has 1 aliphatic heterocycles. The zero-order valence-electron chi connectivity index (χ0n) is 14.4. The molecule has 0 unspecified atom stereocenters. The predicted molar refractivity (Wildman–Crippen MR) is 98.6 cm³/mol. The lowest BCUT2D eigenvalue weighted by Gasteiger charge is -2.17. The van der Waals surface area contributed by atoms with E-state index in [1.807, 2.05) is 6.26 Å². The van der Waals surface area contributed by atoms with E-state index in [9.17, 15) is 15.0 Å². The fourth-order valence-electron chi connectivity index (χ4n) is 2.81. The Labute approximate surface area is 158 Å². The number of hydrogen-bond donors (Lipinski definition) is 6. The second-order valence-corrected chi connectivity index (χ2v) is 6.83. The molecule has 1 saturated heterocycles. The van der Waals surface area contributed by atoms with Gasteiger partial charge in [0.25, 0.3) is 0 Å². The van der Waals surface area contributed by atoms with Gasteiger partial charge in [0.2, 0.25) is 5.95 Å². The van der Waals surface area contributed by atoms with Crippen LogP contribution >= 0.6 is 11.8 Å². The van der Waals surface area contributed by atoms with Crippen LogP contribution in [0.5, 0.6) is 0 Å². The third-order valence-electron chi connectivity index (χ3n) is 4.08. The van der Waals surface area contributed by atoms with Crippen molar-refractivity contribution in [3.63, 3.8) is 0 Å². The molecule has 2 aromatic rings. The van der Waals surface area contributed by atoms with Gasteiger partial charge in [0, 0.05) is 18.8 Å². The van der Waals surface area contributed by atoms with Crippen LogP contribution in [0.1, 0.15) is 6.23 Å². The summed E-state index contributed by atoms with van der Waals surface area (Å²) in [6, 6.07) is 0. The molecule has 3 rings (SSSR count). The number of imidazole rings is 1. The van der Waals surface area contributed by atoms with Crippen LogP contribution in [0.3, 0.4) is 0 Å². The Morgan fingerprint density at radius 1 is 1.37 bits per heavy atom. The van der Waals surface area contributed by atoms with E-state index in [-0.39, 0.29) is 24.9 Å². The molecule has 1 amide bonds. The second-order valence-electron chi connectivity index (χ2n) is 5.92. The standard InChI is InChI=1S/C14H21N7O5S/c1-27-4-6-8(22)9(23)12(26-6)21-5-18-7-10(15)19-13(20-11(7)21)16-2-3-17-14(24)25/h5-6,8-9,12,17,22-23H,2-4H2,1H3,(H,24,25)(H3,15,16,19,20)/t6-,8-,9-,12-/m1/s1. The summed E-state index contributed by atoms with van der Waals surface area (Å²) < 4.78 is 7.29. The van der Waals surface area contributed by atoms with Gasteiger partial charge in [-0.2, -0.15) is 21.7 Å². The van der Waals surface area contributed by atoms with Gasteiger partial charge in [-0.05, 0) is 6.26 Å². The summed E-state index contributed by atoms with van der Waals surface area (Å²) in [6.45, 7) is 0.408. The first-order chi connectivity index (χ1) is 12.9. The number of aliphatic hydroxyl groups excluding tert-OH is 2. The van der Waals surface area contributed by atoms with Crippen LogP contribution in [-0.4, -0.2) is 84.3 Å². The summed E-state index contributed by atoms with van der Waals surface area (Å²) >= 11 is 1.50. The van der Waals surface area contributed by atoms with Crippen LogP contribution in [0.4, 0.5) is 16.6 Å². The lowest BCUT2D eigenvalue weighted by molar-refractivity contribution is -0.0288. The number of carbonyl (C=O) groups is 1. The molecule has 0 aromatic carbocycles. The molecule has 1 aliphatic rings. The maximum absolute atomic E-state index is 10.5. The van der Waals surface area contributed by atoms with E-state index in [2.05, 4.69) is 25.6 Å². The van der Waals surface area contributed by atoms with E-state index in [0.717, 1.165) is 0 Å². The van der Waals surface area contributed by atoms with Crippen LogP contribution in [-0.2, 0) is 4.74 Å². The van der Waals surface area contributed by atoms with Gasteiger partial charge in [-0.3, -0.25) is 4.57 Å². The third kappa shape index (κ3) is 4.00. The van der Waals surface area contributed by atoms with Gasteiger partial charge >= 0.3 is 6.09 Å². The van der Waals surface area contributed by atoms with Gasteiger partial charge in [0.1, 0.15) is 17.7 Å². The van der Waals surface area contributed by atoms with Crippen molar-refractivity contribution in [2.75, 3.05) is 36.1 Å². The van der Waals surface area contributed by atoms with E-state index >= 15 is 0 Å². The number of anilines is 2. The topological polar surface area (TPSA) is 181 Å². The van der Waals surface area contributed by atoms with Crippen LogP contribution in [0.2, 0.25) is 0 Å². The summed E-state index contributed by atoms with van der Waals surface area (Å²) in [7, 11) is 0. The molecule has 2 aromatic heterocycles. The largest absolute Gasteiger partial charge is 0.465 e. The Balaban J connectivity index is 1.83. The smallest absolute Gasteiger partial charge is 0.404 e. The Bertz CT molecular complexity index is 818. The van der Waals surface area contributed by atoms with Crippen LogP contribution in [0, 0.1) is 0 Å². The van der Waals surface area contributed by atoms with Crippen molar-refractivity contribution in [1.29, 1.82) is 0 Å². The molecule has 0 spiro atoms. The Hall–Kier alpha value is -2.35. The Morgan fingerprint density at radius 3 is 2.85 bits per heavy atom. The first kappa shape index (κ1) is 19.4. The number of nitrogen functional groups attached to an aromatic ring is 1. The lowest BCUT2D eigenvalue weighted by atomic mass is 10.1.